The second-order valence-corrected chi connectivity index (χ2v) is 4.82. The molecule has 0 unspecified atom stereocenters. The molecule has 1 aliphatic heterocycles. The summed E-state index contributed by atoms with van der Waals surface area (Å²) in [5.74, 6) is -0.211. The highest BCUT2D eigenvalue weighted by molar-refractivity contribution is 5.94. The molecule has 2 aromatic rings. The van der Waals surface area contributed by atoms with Crippen molar-refractivity contribution in [2.75, 3.05) is 0 Å². The highest BCUT2D eigenvalue weighted by Gasteiger charge is 2.25. The van der Waals surface area contributed by atoms with E-state index in [9.17, 15) is 9.59 Å². The molecule has 0 atom stereocenters. The van der Waals surface area contributed by atoms with Gasteiger partial charge < -0.3 is 9.88 Å². The summed E-state index contributed by atoms with van der Waals surface area (Å²) in [6.45, 7) is 2.94. The van der Waals surface area contributed by atoms with Gasteiger partial charge in [0.15, 0.2) is 5.43 Å². The molecule has 2 heterocycles. The van der Waals surface area contributed by atoms with E-state index in [0.29, 0.717) is 13.1 Å². The number of hydrogen-bond donors (Lipinski definition) is 1. The van der Waals surface area contributed by atoms with Crippen molar-refractivity contribution >= 4 is 5.91 Å². The summed E-state index contributed by atoms with van der Waals surface area (Å²) in [5, 5.41) is 0. The van der Waals surface area contributed by atoms with Crippen LogP contribution in [0.4, 0.5) is 0 Å². The van der Waals surface area contributed by atoms with Crippen molar-refractivity contribution in [3.63, 3.8) is 0 Å². The molecule has 0 radical (unpaired) electrons. The van der Waals surface area contributed by atoms with Gasteiger partial charge in [0.05, 0.1) is 0 Å². The highest BCUT2D eigenvalue weighted by Crippen LogP contribution is 2.23. The van der Waals surface area contributed by atoms with E-state index in [1.54, 1.807) is 11.8 Å². The molecule has 0 aliphatic carbocycles. The number of fused-ring (bicyclic) bond motifs is 1. The predicted molar refractivity (Wildman–Crippen MR) is 71.8 cm³/mol. The molecule has 1 aliphatic rings. The monoisotopic (exact) mass is 254 g/mol. The van der Waals surface area contributed by atoms with Crippen LogP contribution >= 0.6 is 0 Å². The fourth-order valence-electron chi connectivity index (χ4n) is 2.39. The SMILES string of the molecule is Cc1cc(=O)c(C(=O)N2Cc3ccccc3C2)c[nH]1. The summed E-state index contributed by atoms with van der Waals surface area (Å²) < 4.78 is 0. The summed E-state index contributed by atoms with van der Waals surface area (Å²) in [4.78, 5) is 28.8. The van der Waals surface area contributed by atoms with Gasteiger partial charge in [0.1, 0.15) is 5.56 Å². The average molecular weight is 254 g/mol. The molecule has 0 saturated carbocycles. The van der Waals surface area contributed by atoms with Crippen molar-refractivity contribution in [2.45, 2.75) is 20.0 Å². The van der Waals surface area contributed by atoms with E-state index in [1.165, 1.54) is 12.3 Å². The highest BCUT2D eigenvalue weighted by atomic mass is 16.2. The van der Waals surface area contributed by atoms with E-state index in [2.05, 4.69) is 4.98 Å². The number of rotatable bonds is 1. The van der Waals surface area contributed by atoms with Crippen LogP contribution in [-0.2, 0) is 13.1 Å². The second-order valence-electron chi connectivity index (χ2n) is 4.82. The van der Waals surface area contributed by atoms with E-state index in [0.717, 1.165) is 16.8 Å². The number of aromatic nitrogens is 1. The second kappa shape index (κ2) is 4.39. The standard InChI is InChI=1S/C15H14N2O2/c1-10-6-14(18)13(7-16-10)15(19)17-8-11-4-2-3-5-12(11)9-17/h2-7H,8-9H2,1H3,(H,16,18). The van der Waals surface area contributed by atoms with Crippen LogP contribution in [0.2, 0.25) is 0 Å². The Labute approximate surface area is 110 Å². The zero-order valence-corrected chi connectivity index (χ0v) is 10.6. The van der Waals surface area contributed by atoms with Crippen molar-refractivity contribution in [1.29, 1.82) is 0 Å². The number of aryl methyl sites for hydroxylation is 1. The first kappa shape index (κ1) is 11.7. The Balaban J connectivity index is 1.89. The number of aromatic amines is 1. The fraction of sp³-hybridized carbons (Fsp3) is 0.200. The smallest absolute Gasteiger partial charge is 0.259 e. The molecule has 0 saturated heterocycles. The average Bonchev–Trinajstić information content (AvgIpc) is 2.81. The number of pyridine rings is 1. The maximum absolute atomic E-state index is 12.4. The molecule has 4 heteroatoms. The Morgan fingerprint density at radius 2 is 1.84 bits per heavy atom. The Kier molecular flexibility index (Phi) is 2.71. The van der Waals surface area contributed by atoms with E-state index >= 15 is 0 Å². The first-order chi connectivity index (χ1) is 9.15. The number of hydrogen-bond acceptors (Lipinski definition) is 2. The van der Waals surface area contributed by atoms with Crippen molar-refractivity contribution in [1.82, 2.24) is 9.88 Å². The molecule has 3 rings (SSSR count). The largest absolute Gasteiger partial charge is 0.364 e. The lowest BCUT2D eigenvalue weighted by Gasteiger charge is -2.14. The number of nitrogens with one attached hydrogen (secondary N) is 1. The van der Waals surface area contributed by atoms with Gasteiger partial charge in [0, 0.05) is 31.0 Å². The van der Waals surface area contributed by atoms with E-state index in [4.69, 9.17) is 0 Å². The van der Waals surface area contributed by atoms with E-state index in [-0.39, 0.29) is 16.9 Å². The van der Waals surface area contributed by atoms with Gasteiger partial charge in [-0.3, -0.25) is 9.59 Å². The third-order valence-electron chi connectivity index (χ3n) is 3.42. The van der Waals surface area contributed by atoms with Crippen molar-refractivity contribution in [3.05, 3.63) is 69.1 Å². The first-order valence-electron chi connectivity index (χ1n) is 6.20. The lowest BCUT2D eigenvalue weighted by molar-refractivity contribution is 0.0749. The molecular formula is C15H14N2O2. The molecule has 0 fully saturated rings. The zero-order valence-electron chi connectivity index (χ0n) is 10.6. The van der Waals surface area contributed by atoms with Gasteiger partial charge in [0.25, 0.3) is 5.91 Å². The molecule has 19 heavy (non-hydrogen) atoms. The predicted octanol–water partition coefficient (Wildman–Crippen LogP) is 1.84. The molecule has 0 spiro atoms. The third-order valence-corrected chi connectivity index (χ3v) is 3.42. The molecule has 4 nitrogen and oxygen atoms in total. The maximum atomic E-state index is 12.4. The topological polar surface area (TPSA) is 53.2 Å². The molecule has 1 aromatic carbocycles. The minimum Gasteiger partial charge on any atom is -0.364 e. The van der Waals surface area contributed by atoms with Gasteiger partial charge in [-0.2, -0.15) is 0 Å². The minimum absolute atomic E-state index is 0.207. The van der Waals surface area contributed by atoms with Gasteiger partial charge in [0.2, 0.25) is 0 Å². The summed E-state index contributed by atoms with van der Waals surface area (Å²) >= 11 is 0. The fourth-order valence-corrected chi connectivity index (χ4v) is 2.39. The van der Waals surface area contributed by atoms with Crippen LogP contribution in [0.5, 0.6) is 0 Å². The Morgan fingerprint density at radius 3 is 2.42 bits per heavy atom. The Morgan fingerprint density at radius 1 is 1.21 bits per heavy atom. The van der Waals surface area contributed by atoms with Gasteiger partial charge in [-0.15, -0.1) is 0 Å². The maximum Gasteiger partial charge on any atom is 0.259 e. The normalized spacial score (nSPS) is 13.4. The van der Waals surface area contributed by atoms with Gasteiger partial charge in [-0.1, -0.05) is 24.3 Å². The van der Waals surface area contributed by atoms with Gasteiger partial charge in [-0.05, 0) is 18.1 Å². The minimum atomic E-state index is -0.225. The van der Waals surface area contributed by atoms with Crippen molar-refractivity contribution < 1.29 is 4.79 Å². The van der Waals surface area contributed by atoms with Crippen LogP contribution in [0.15, 0.2) is 41.3 Å². The number of carbonyl (C=O) groups is 1. The quantitative estimate of drug-likeness (QED) is 0.844. The third kappa shape index (κ3) is 2.05. The van der Waals surface area contributed by atoms with Gasteiger partial charge in [-0.25, -0.2) is 0 Å². The Bertz CT molecular complexity index is 678. The zero-order chi connectivity index (χ0) is 13.4. The lowest BCUT2D eigenvalue weighted by Crippen LogP contribution is -2.30. The van der Waals surface area contributed by atoms with Crippen LogP contribution in [0.3, 0.4) is 0 Å². The molecule has 0 bridgehead atoms. The summed E-state index contributed by atoms with van der Waals surface area (Å²) in [6.07, 6.45) is 1.50. The Hall–Kier alpha value is -2.36. The molecule has 1 amide bonds. The molecule has 1 aromatic heterocycles. The number of benzene rings is 1. The summed E-state index contributed by atoms with van der Waals surface area (Å²) in [7, 11) is 0. The summed E-state index contributed by atoms with van der Waals surface area (Å²) in [6, 6.07) is 9.41. The van der Waals surface area contributed by atoms with Crippen molar-refractivity contribution in [2.24, 2.45) is 0 Å². The van der Waals surface area contributed by atoms with Crippen LogP contribution in [0, 0.1) is 6.92 Å². The first-order valence-corrected chi connectivity index (χ1v) is 6.20. The molecule has 1 N–H and O–H groups in total. The van der Waals surface area contributed by atoms with Gasteiger partial charge >= 0.3 is 0 Å². The number of nitrogens with zero attached hydrogens (tertiary/aromatic N) is 1. The van der Waals surface area contributed by atoms with Crippen molar-refractivity contribution in [3.8, 4) is 0 Å². The number of amides is 1. The number of H-pyrrole nitrogens is 1. The summed E-state index contributed by atoms with van der Waals surface area (Å²) in [5.41, 5.74) is 3.04. The molecular weight excluding hydrogens is 240 g/mol. The molecule has 96 valence electrons. The number of carbonyl (C=O) groups excluding carboxylic acids is 1. The van der Waals surface area contributed by atoms with Crippen LogP contribution in [0.25, 0.3) is 0 Å². The van der Waals surface area contributed by atoms with Crippen LogP contribution in [0.1, 0.15) is 27.2 Å². The van der Waals surface area contributed by atoms with E-state index < -0.39 is 0 Å². The van der Waals surface area contributed by atoms with Crippen LogP contribution < -0.4 is 5.43 Å². The van der Waals surface area contributed by atoms with Crippen LogP contribution in [-0.4, -0.2) is 15.8 Å². The lowest BCUT2D eigenvalue weighted by atomic mass is 10.1. The van der Waals surface area contributed by atoms with E-state index in [1.807, 2.05) is 24.3 Å².